The van der Waals surface area contributed by atoms with Crippen molar-refractivity contribution in [2.75, 3.05) is 0 Å². The van der Waals surface area contributed by atoms with E-state index in [9.17, 15) is 0 Å². The maximum atomic E-state index is 3.91. The molecular weight excluding hydrogens is 383 g/mol. The summed E-state index contributed by atoms with van der Waals surface area (Å²) in [6.45, 7) is 7.82. The molecule has 0 saturated heterocycles. The predicted octanol–water partition coefficient (Wildman–Crippen LogP) is 5.18. The molecule has 0 radical (unpaired) electrons. The zero-order chi connectivity index (χ0) is 16.4. The van der Waals surface area contributed by atoms with Crippen molar-refractivity contribution in [1.82, 2.24) is 0 Å². The summed E-state index contributed by atoms with van der Waals surface area (Å²) in [7, 11) is 0. The molecule has 0 fully saturated rings. The molecule has 2 rings (SSSR count). The van der Waals surface area contributed by atoms with Gasteiger partial charge in [-0.3, -0.25) is 0 Å². The Kier molecular flexibility index (Phi) is 7.67. The van der Waals surface area contributed by atoms with Crippen LogP contribution in [0.15, 0.2) is 86.0 Å². The van der Waals surface area contributed by atoms with Gasteiger partial charge < -0.3 is 0 Å². The minimum atomic E-state index is -2.64. The van der Waals surface area contributed by atoms with E-state index in [0.717, 1.165) is 12.8 Å². The van der Waals surface area contributed by atoms with Gasteiger partial charge in [0.15, 0.2) is 0 Å². The van der Waals surface area contributed by atoms with Crippen molar-refractivity contribution >= 4 is 25.5 Å². The monoisotopic (exact) mass is 412 g/mol. The average molecular weight is 411 g/mol. The summed E-state index contributed by atoms with van der Waals surface area (Å²) in [6, 6.07) is 22.6. The summed E-state index contributed by atoms with van der Waals surface area (Å²) in [5.74, 6) is 0. The molecule has 0 spiro atoms. The van der Waals surface area contributed by atoms with Crippen molar-refractivity contribution in [3.8, 4) is 0 Å². The number of benzene rings is 2. The molecule has 0 bridgehead atoms. The van der Waals surface area contributed by atoms with Gasteiger partial charge in [-0.05, 0) is 0 Å². The van der Waals surface area contributed by atoms with Crippen molar-refractivity contribution in [2.45, 2.75) is 34.6 Å². The van der Waals surface area contributed by atoms with Gasteiger partial charge in [0.25, 0.3) is 0 Å². The Morgan fingerprint density at radius 1 is 0.652 bits per heavy atom. The topological polar surface area (TPSA) is 0 Å². The molecule has 0 aromatic heterocycles. The van der Waals surface area contributed by atoms with Crippen LogP contribution < -0.4 is 7.16 Å². The molecule has 0 amide bonds. The molecule has 2 aromatic rings. The second-order valence-corrected chi connectivity index (χ2v) is 18.5. The molecule has 0 aliphatic rings. The van der Waals surface area contributed by atoms with E-state index in [4.69, 9.17) is 0 Å². The van der Waals surface area contributed by atoms with Crippen LogP contribution in [0.25, 0.3) is 0 Å². The second-order valence-electron chi connectivity index (χ2n) is 6.18. The third-order valence-corrected chi connectivity index (χ3v) is 19.8. The van der Waals surface area contributed by atoms with Crippen LogP contribution >= 0.6 is 0 Å². The van der Waals surface area contributed by atoms with Gasteiger partial charge in [0.1, 0.15) is 0 Å². The molecule has 0 aliphatic carbocycles. The van der Waals surface area contributed by atoms with Gasteiger partial charge in [-0.2, -0.15) is 0 Å². The van der Waals surface area contributed by atoms with Crippen LogP contribution in [-0.2, 0) is 0 Å². The standard InChI is InChI=1S/2C6H5.2C5H9.Sn/c2*1-2-4-6-5-3-1;2*1-3-5-4-2;/h2*1-5H;2*3H,1-2,4-5H2;. The Hall–Kier alpha value is -1.28. The summed E-state index contributed by atoms with van der Waals surface area (Å²) >= 11 is -2.64. The fourth-order valence-electron chi connectivity index (χ4n) is 3.48. The summed E-state index contributed by atoms with van der Waals surface area (Å²) in [6.07, 6.45) is 8.90. The third-order valence-electron chi connectivity index (χ3n) is 4.68. The predicted molar refractivity (Wildman–Crippen MR) is 106 cm³/mol. The molecule has 120 valence electrons. The number of hydrogen-bond acceptors (Lipinski definition) is 0. The van der Waals surface area contributed by atoms with Gasteiger partial charge in [0.05, 0.1) is 0 Å². The Balaban J connectivity index is 2.43. The normalized spacial score (nSPS) is 11.1. The van der Waals surface area contributed by atoms with E-state index in [1.807, 2.05) is 0 Å². The van der Waals surface area contributed by atoms with Crippen LogP contribution in [0.3, 0.4) is 0 Å². The summed E-state index contributed by atoms with van der Waals surface area (Å²) < 4.78 is 6.01. The van der Waals surface area contributed by atoms with Crippen molar-refractivity contribution in [2.24, 2.45) is 0 Å². The van der Waals surface area contributed by atoms with Gasteiger partial charge in [-0.15, -0.1) is 0 Å². The Labute approximate surface area is 145 Å². The van der Waals surface area contributed by atoms with E-state index >= 15 is 0 Å². The molecule has 0 atom stereocenters. The Morgan fingerprint density at radius 3 is 1.39 bits per heavy atom. The molecule has 0 heterocycles. The third kappa shape index (κ3) is 4.84. The Morgan fingerprint density at radius 2 is 1.04 bits per heavy atom. The average Bonchev–Trinajstić information content (AvgIpc) is 2.62. The molecule has 0 saturated carbocycles. The van der Waals surface area contributed by atoms with Crippen molar-refractivity contribution in [1.29, 1.82) is 0 Å². The zero-order valence-corrected chi connectivity index (χ0v) is 16.9. The van der Waals surface area contributed by atoms with E-state index in [1.54, 1.807) is 7.16 Å². The van der Waals surface area contributed by atoms with Crippen molar-refractivity contribution in [3.63, 3.8) is 0 Å². The van der Waals surface area contributed by atoms with Gasteiger partial charge in [0.2, 0.25) is 0 Å². The van der Waals surface area contributed by atoms with Crippen molar-refractivity contribution < 1.29 is 0 Å². The zero-order valence-electron chi connectivity index (χ0n) is 14.1. The van der Waals surface area contributed by atoms with Crippen LogP contribution in [-0.4, -0.2) is 18.4 Å². The molecular formula is C22H28Sn. The molecule has 0 nitrogen and oxygen atoms in total. The molecule has 0 aliphatic heterocycles. The summed E-state index contributed by atoms with van der Waals surface area (Å²) in [5.41, 5.74) is 0. The quantitative estimate of drug-likeness (QED) is 0.287. The fraction of sp³-hybridized carbons (Fsp3) is 0.273. The minimum absolute atomic E-state index is 1.12. The Bertz CT molecular complexity index is 530. The first-order valence-corrected chi connectivity index (χ1v) is 15.6. The molecule has 23 heavy (non-hydrogen) atoms. The summed E-state index contributed by atoms with van der Waals surface area (Å²) in [5, 5.41) is 0. The van der Waals surface area contributed by atoms with E-state index < -0.39 is 18.4 Å². The van der Waals surface area contributed by atoms with Crippen LogP contribution in [0.1, 0.15) is 25.7 Å². The SMILES string of the molecule is C=CCC[CH2][Sn]([CH2]CCC=C)([c]1ccccc1)[c]1ccccc1. The van der Waals surface area contributed by atoms with E-state index in [1.165, 1.54) is 21.7 Å². The number of unbranched alkanes of at least 4 members (excludes halogenated alkanes) is 2. The van der Waals surface area contributed by atoms with Crippen LogP contribution in [0.5, 0.6) is 0 Å². The first-order valence-electron chi connectivity index (χ1n) is 8.66. The van der Waals surface area contributed by atoms with Gasteiger partial charge in [-0.1, -0.05) is 0 Å². The first-order chi connectivity index (χ1) is 11.3. The number of rotatable bonds is 10. The molecule has 0 unspecified atom stereocenters. The second kappa shape index (κ2) is 9.77. The first kappa shape index (κ1) is 18.1. The van der Waals surface area contributed by atoms with Crippen LogP contribution in [0, 0.1) is 0 Å². The van der Waals surface area contributed by atoms with Crippen LogP contribution in [0.2, 0.25) is 8.87 Å². The maximum absolute atomic E-state index is 3.91. The van der Waals surface area contributed by atoms with E-state index in [-0.39, 0.29) is 0 Å². The van der Waals surface area contributed by atoms with Gasteiger partial charge in [-0.25, -0.2) is 0 Å². The molecule has 1 heteroatoms. The van der Waals surface area contributed by atoms with Crippen molar-refractivity contribution in [3.05, 3.63) is 86.0 Å². The van der Waals surface area contributed by atoms with E-state index in [0.29, 0.717) is 0 Å². The molecule has 0 N–H and O–H groups in total. The number of hydrogen-bond donors (Lipinski definition) is 0. The van der Waals surface area contributed by atoms with Gasteiger partial charge >= 0.3 is 146 Å². The molecule has 2 aromatic carbocycles. The summed E-state index contributed by atoms with van der Waals surface area (Å²) in [4.78, 5) is 0. The fourth-order valence-corrected chi connectivity index (χ4v) is 17.8. The van der Waals surface area contributed by atoms with Gasteiger partial charge in [0, 0.05) is 0 Å². The van der Waals surface area contributed by atoms with Crippen LogP contribution in [0.4, 0.5) is 0 Å². The van der Waals surface area contributed by atoms with E-state index in [2.05, 4.69) is 86.0 Å². The number of allylic oxidation sites excluding steroid dienone is 2.